The summed E-state index contributed by atoms with van der Waals surface area (Å²) in [7, 11) is -3.80. The largest absolute Gasteiger partial charge is 0.355 e. The molecular weight excluding hydrogens is 389 g/mol. The molecule has 0 spiro atoms. The van der Waals surface area contributed by atoms with Gasteiger partial charge >= 0.3 is 0 Å². The Labute approximate surface area is 160 Å². The Kier molecular flexibility index (Phi) is 5.09. The lowest BCUT2D eigenvalue weighted by molar-refractivity contribution is -0.917. The molecule has 27 heavy (non-hydrogen) atoms. The molecule has 0 bridgehead atoms. The van der Waals surface area contributed by atoms with Crippen molar-refractivity contribution < 1.29 is 22.2 Å². The van der Waals surface area contributed by atoms with E-state index in [0.29, 0.717) is 32.7 Å². The number of halogens is 1. The summed E-state index contributed by atoms with van der Waals surface area (Å²) >= 11 is 1.59. The minimum absolute atomic E-state index is 0.259. The van der Waals surface area contributed by atoms with Gasteiger partial charge in [-0.3, -0.25) is 0 Å². The van der Waals surface area contributed by atoms with Crippen molar-refractivity contribution in [2.45, 2.75) is 11.4 Å². The fraction of sp³-hybridized carbons (Fsp3) is 0.278. The summed E-state index contributed by atoms with van der Waals surface area (Å²) in [6, 6.07) is 11.4. The van der Waals surface area contributed by atoms with Crippen LogP contribution in [0.4, 0.5) is 4.39 Å². The smallest absolute Gasteiger partial charge is 0.246 e. The summed E-state index contributed by atoms with van der Waals surface area (Å²) in [6.45, 7) is 2.63. The second-order valence-corrected chi connectivity index (χ2v) is 9.28. The van der Waals surface area contributed by atoms with Gasteiger partial charge in [0.2, 0.25) is 10.0 Å². The Morgan fingerprint density at radius 3 is 2.67 bits per heavy atom. The molecule has 0 radical (unpaired) electrons. The van der Waals surface area contributed by atoms with Crippen LogP contribution in [0.2, 0.25) is 0 Å². The van der Waals surface area contributed by atoms with Crippen LogP contribution in [0.3, 0.4) is 0 Å². The Morgan fingerprint density at radius 1 is 1.19 bits per heavy atom. The van der Waals surface area contributed by atoms with Crippen LogP contribution in [0.15, 0.2) is 57.3 Å². The summed E-state index contributed by atoms with van der Waals surface area (Å²) in [4.78, 5) is 2.00. The molecule has 1 aliphatic rings. The highest BCUT2D eigenvalue weighted by molar-refractivity contribution is 7.89. The molecule has 0 saturated carbocycles. The van der Waals surface area contributed by atoms with E-state index in [1.54, 1.807) is 11.3 Å². The highest BCUT2D eigenvalue weighted by Gasteiger charge is 2.32. The first kappa shape index (κ1) is 18.3. The van der Waals surface area contributed by atoms with Crippen LogP contribution in [-0.4, -0.2) is 44.1 Å². The van der Waals surface area contributed by atoms with E-state index in [4.69, 9.17) is 4.52 Å². The summed E-state index contributed by atoms with van der Waals surface area (Å²) in [5.41, 5.74) is 0.846. The molecule has 0 unspecified atom stereocenters. The third kappa shape index (κ3) is 3.81. The van der Waals surface area contributed by atoms with Gasteiger partial charge in [0.15, 0.2) is 5.76 Å². The zero-order chi connectivity index (χ0) is 18.9. The van der Waals surface area contributed by atoms with Gasteiger partial charge < -0.3 is 9.42 Å². The topological polar surface area (TPSA) is 67.8 Å². The van der Waals surface area contributed by atoms with Crippen LogP contribution in [0.25, 0.3) is 10.6 Å². The number of hydrogen-bond acceptors (Lipinski definition) is 5. The SMILES string of the molecule is O=S(=O)(c1ccccc1F)N1CC[NH+](Cc2cc(-c3cccs3)on2)CC1. The van der Waals surface area contributed by atoms with E-state index in [1.165, 1.54) is 33.5 Å². The fourth-order valence-corrected chi connectivity index (χ4v) is 5.38. The molecule has 0 aliphatic carbocycles. The Morgan fingerprint density at radius 2 is 1.96 bits per heavy atom. The van der Waals surface area contributed by atoms with Gasteiger partial charge in [0.25, 0.3) is 0 Å². The van der Waals surface area contributed by atoms with E-state index in [9.17, 15) is 12.8 Å². The normalized spacial score (nSPS) is 16.6. The third-order valence-corrected chi connectivity index (χ3v) is 7.45. The minimum Gasteiger partial charge on any atom is -0.355 e. The molecule has 0 atom stereocenters. The van der Waals surface area contributed by atoms with Gasteiger partial charge in [-0.1, -0.05) is 23.4 Å². The second kappa shape index (κ2) is 7.51. The van der Waals surface area contributed by atoms with E-state index in [1.807, 2.05) is 23.6 Å². The number of nitrogens with zero attached hydrogens (tertiary/aromatic N) is 2. The molecule has 1 aliphatic heterocycles. The number of piperazine rings is 1. The van der Waals surface area contributed by atoms with Gasteiger partial charge in [0.1, 0.15) is 23.0 Å². The van der Waals surface area contributed by atoms with Crippen LogP contribution >= 0.6 is 11.3 Å². The highest BCUT2D eigenvalue weighted by Crippen LogP contribution is 2.25. The van der Waals surface area contributed by atoms with Crippen molar-refractivity contribution >= 4 is 21.4 Å². The van der Waals surface area contributed by atoms with Crippen molar-refractivity contribution in [3.05, 3.63) is 59.4 Å². The van der Waals surface area contributed by atoms with E-state index in [-0.39, 0.29) is 4.90 Å². The lowest BCUT2D eigenvalue weighted by Crippen LogP contribution is -3.13. The highest BCUT2D eigenvalue weighted by atomic mass is 32.2. The van der Waals surface area contributed by atoms with Crippen molar-refractivity contribution in [3.8, 4) is 10.6 Å². The number of rotatable bonds is 5. The van der Waals surface area contributed by atoms with E-state index < -0.39 is 15.8 Å². The van der Waals surface area contributed by atoms with Crippen LogP contribution in [0, 0.1) is 5.82 Å². The molecule has 0 amide bonds. The summed E-state index contributed by atoms with van der Waals surface area (Å²) in [5.74, 6) is 0.0381. The molecule has 2 aromatic heterocycles. The van der Waals surface area contributed by atoms with Crippen molar-refractivity contribution in [3.63, 3.8) is 0 Å². The molecule has 9 heteroatoms. The minimum atomic E-state index is -3.80. The third-order valence-electron chi connectivity index (χ3n) is 4.64. The second-order valence-electron chi connectivity index (χ2n) is 6.42. The first-order valence-electron chi connectivity index (χ1n) is 8.62. The maximum Gasteiger partial charge on any atom is 0.246 e. The van der Waals surface area contributed by atoms with Crippen molar-refractivity contribution in [1.82, 2.24) is 9.46 Å². The summed E-state index contributed by atoms with van der Waals surface area (Å²) in [6.07, 6.45) is 0. The number of aromatic nitrogens is 1. The number of sulfonamides is 1. The van der Waals surface area contributed by atoms with Crippen LogP contribution < -0.4 is 4.90 Å². The van der Waals surface area contributed by atoms with Gasteiger partial charge in [0.05, 0.1) is 31.1 Å². The standard InChI is InChI=1S/C18H18FN3O3S2/c19-15-4-1-2-6-18(15)27(23,24)22-9-7-21(8-10-22)13-14-12-16(25-20-14)17-5-3-11-26-17/h1-6,11-12H,7-10,13H2/p+1. The predicted octanol–water partition coefficient (Wildman–Crippen LogP) is 1.63. The van der Waals surface area contributed by atoms with E-state index in [0.717, 1.165) is 16.3 Å². The number of quaternary nitrogens is 1. The molecule has 1 saturated heterocycles. The van der Waals surface area contributed by atoms with E-state index in [2.05, 4.69) is 5.16 Å². The van der Waals surface area contributed by atoms with Gasteiger partial charge in [-0.25, -0.2) is 12.8 Å². The van der Waals surface area contributed by atoms with Crippen LogP contribution in [0.1, 0.15) is 5.69 Å². The summed E-state index contributed by atoms with van der Waals surface area (Å²) < 4.78 is 46.0. The first-order valence-corrected chi connectivity index (χ1v) is 10.9. The molecule has 1 N–H and O–H groups in total. The quantitative estimate of drug-likeness (QED) is 0.697. The van der Waals surface area contributed by atoms with Gasteiger partial charge in [-0.2, -0.15) is 4.31 Å². The maximum atomic E-state index is 13.9. The molecule has 4 rings (SSSR count). The molecule has 1 aromatic carbocycles. The lowest BCUT2D eigenvalue weighted by Gasteiger charge is -2.31. The number of nitrogens with one attached hydrogen (secondary N) is 1. The Balaban J connectivity index is 1.39. The number of benzene rings is 1. The predicted molar refractivity (Wildman–Crippen MR) is 99.4 cm³/mol. The van der Waals surface area contributed by atoms with Gasteiger partial charge in [-0.05, 0) is 23.6 Å². The Hall–Kier alpha value is -2.07. The molecule has 3 heterocycles. The van der Waals surface area contributed by atoms with Crippen molar-refractivity contribution in [1.29, 1.82) is 0 Å². The zero-order valence-electron chi connectivity index (χ0n) is 14.5. The zero-order valence-corrected chi connectivity index (χ0v) is 16.1. The van der Waals surface area contributed by atoms with Crippen molar-refractivity contribution in [2.24, 2.45) is 0 Å². The molecule has 6 nitrogen and oxygen atoms in total. The summed E-state index contributed by atoms with van der Waals surface area (Å²) in [5, 5.41) is 6.11. The fourth-order valence-electron chi connectivity index (χ4n) is 3.20. The molecular formula is C18H19FN3O3S2+. The number of thiophene rings is 1. The van der Waals surface area contributed by atoms with Crippen LogP contribution in [0.5, 0.6) is 0 Å². The monoisotopic (exact) mass is 408 g/mol. The average Bonchev–Trinajstić information content (AvgIpc) is 3.34. The van der Waals surface area contributed by atoms with Crippen LogP contribution in [-0.2, 0) is 16.6 Å². The first-order chi connectivity index (χ1) is 13.0. The van der Waals surface area contributed by atoms with Crippen molar-refractivity contribution in [2.75, 3.05) is 26.2 Å². The average molecular weight is 409 g/mol. The lowest BCUT2D eigenvalue weighted by atomic mass is 10.3. The van der Waals surface area contributed by atoms with Gasteiger partial charge in [-0.15, -0.1) is 11.3 Å². The molecule has 3 aromatic rings. The van der Waals surface area contributed by atoms with Gasteiger partial charge in [0, 0.05) is 6.07 Å². The van der Waals surface area contributed by atoms with E-state index >= 15 is 0 Å². The maximum absolute atomic E-state index is 13.9. The molecule has 1 fully saturated rings. The Bertz CT molecular complexity index is 1010. The molecule has 142 valence electrons. The number of hydrogen-bond donors (Lipinski definition) is 1.